The van der Waals surface area contributed by atoms with Crippen molar-refractivity contribution in [2.75, 3.05) is 26.2 Å². The van der Waals surface area contributed by atoms with Gasteiger partial charge in [-0.15, -0.1) is 12.4 Å². The first-order chi connectivity index (χ1) is 12.3. The summed E-state index contributed by atoms with van der Waals surface area (Å²) in [4.78, 5) is 14.4. The average Bonchev–Trinajstić information content (AvgIpc) is 3.02. The van der Waals surface area contributed by atoms with Crippen molar-refractivity contribution in [2.24, 2.45) is 17.6 Å². The second-order valence-electron chi connectivity index (χ2n) is 7.29. The maximum absolute atomic E-state index is 13.9. The van der Waals surface area contributed by atoms with Gasteiger partial charge in [0, 0.05) is 31.6 Å². The van der Waals surface area contributed by atoms with Crippen LogP contribution in [0.4, 0.5) is 4.39 Å². The van der Waals surface area contributed by atoms with E-state index < -0.39 is 15.8 Å². The highest BCUT2D eigenvalue weighted by molar-refractivity contribution is 7.89. The fourth-order valence-corrected chi connectivity index (χ4v) is 5.53. The molecule has 2 heterocycles. The minimum absolute atomic E-state index is 0. The van der Waals surface area contributed by atoms with Gasteiger partial charge in [-0.2, -0.15) is 4.31 Å². The standard InChI is InChI=1S/C18H26FN3O3S.ClH/c1-13-10-14(11-20)12-22(13)18(23)15-6-8-21(9-7-15)26(24,25)17-5-3-2-4-16(17)19;/h2-5,13-15H,6-12,20H2,1H3;1H. The van der Waals surface area contributed by atoms with E-state index in [1.54, 1.807) is 0 Å². The number of nitrogens with zero attached hydrogens (tertiary/aromatic N) is 2. The summed E-state index contributed by atoms with van der Waals surface area (Å²) in [5, 5.41) is 0. The number of hydrogen-bond acceptors (Lipinski definition) is 4. The highest BCUT2D eigenvalue weighted by Gasteiger charge is 2.38. The lowest BCUT2D eigenvalue weighted by molar-refractivity contribution is -0.137. The molecule has 0 spiro atoms. The zero-order chi connectivity index (χ0) is 18.9. The number of carbonyl (C=O) groups excluding carboxylic acids is 1. The Morgan fingerprint density at radius 1 is 1.26 bits per heavy atom. The van der Waals surface area contributed by atoms with Crippen LogP contribution < -0.4 is 5.73 Å². The summed E-state index contributed by atoms with van der Waals surface area (Å²) in [6, 6.07) is 5.57. The molecule has 0 aliphatic carbocycles. The molecule has 0 saturated carbocycles. The van der Waals surface area contributed by atoms with E-state index in [0.717, 1.165) is 12.5 Å². The third-order valence-corrected chi connectivity index (χ3v) is 7.47. The Balaban J connectivity index is 0.00000261. The molecule has 152 valence electrons. The normalized spacial score (nSPS) is 24.6. The Morgan fingerprint density at radius 3 is 2.44 bits per heavy atom. The van der Waals surface area contributed by atoms with Gasteiger partial charge in [0.25, 0.3) is 0 Å². The Morgan fingerprint density at radius 2 is 1.89 bits per heavy atom. The third-order valence-electron chi connectivity index (χ3n) is 5.54. The lowest BCUT2D eigenvalue weighted by atomic mass is 9.96. The van der Waals surface area contributed by atoms with Gasteiger partial charge in [0.15, 0.2) is 0 Å². The van der Waals surface area contributed by atoms with Crippen molar-refractivity contribution in [1.82, 2.24) is 9.21 Å². The number of carbonyl (C=O) groups is 1. The fraction of sp³-hybridized carbons (Fsp3) is 0.611. The number of sulfonamides is 1. The van der Waals surface area contributed by atoms with Gasteiger partial charge in [0.1, 0.15) is 10.7 Å². The average molecular weight is 420 g/mol. The molecule has 2 unspecified atom stereocenters. The van der Waals surface area contributed by atoms with Crippen molar-refractivity contribution < 1.29 is 17.6 Å². The van der Waals surface area contributed by atoms with Crippen LogP contribution in [-0.4, -0.2) is 55.8 Å². The number of rotatable bonds is 4. The number of nitrogens with two attached hydrogens (primary N) is 1. The van der Waals surface area contributed by atoms with Gasteiger partial charge in [-0.1, -0.05) is 12.1 Å². The smallest absolute Gasteiger partial charge is 0.245 e. The second kappa shape index (κ2) is 8.86. The molecule has 1 amide bonds. The Kier molecular flexibility index (Phi) is 7.24. The summed E-state index contributed by atoms with van der Waals surface area (Å²) in [7, 11) is -3.87. The van der Waals surface area contributed by atoms with Gasteiger partial charge in [-0.3, -0.25) is 4.79 Å². The maximum Gasteiger partial charge on any atom is 0.245 e. The molecule has 1 aromatic rings. The highest BCUT2D eigenvalue weighted by atomic mass is 35.5. The predicted octanol–water partition coefficient (Wildman–Crippen LogP) is 1.84. The minimum atomic E-state index is -3.87. The van der Waals surface area contributed by atoms with Gasteiger partial charge in [-0.25, -0.2) is 12.8 Å². The highest BCUT2D eigenvalue weighted by Crippen LogP contribution is 2.29. The summed E-state index contributed by atoms with van der Waals surface area (Å²) in [6.45, 7) is 3.76. The van der Waals surface area contributed by atoms with Crippen molar-refractivity contribution in [3.63, 3.8) is 0 Å². The number of likely N-dealkylation sites (tertiary alicyclic amines) is 1. The third kappa shape index (κ3) is 4.45. The summed E-state index contributed by atoms with van der Waals surface area (Å²) in [5.41, 5.74) is 5.73. The minimum Gasteiger partial charge on any atom is -0.339 e. The number of amides is 1. The second-order valence-corrected chi connectivity index (χ2v) is 9.19. The van der Waals surface area contributed by atoms with Crippen LogP contribution in [0.25, 0.3) is 0 Å². The van der Waals surface area contributed by atoms with Gasteiger partial charge in [0.2, 0.25) is 15.9 Å². The van der Waals surface area contributed by atoms with Crippen molar-refractivity contribution in [3.8, 4) is 0 Å². The lowest BCUT2D eigenvalue weighted by Crippen LogP contribution is -2.45. The first-order valence-electron chi connectivity index (χ1n) is 9.09. The largest absolute Gasteiger partial charge is 0.339 e. The van der Waals surface area contributed by atoms with E-state index in [1.165, 1.54) is 22.5 Å². The Bertz CT molecular complexity index is 769. The quantitative estimate of drug-likeness (QED) is 0.807. The molecule has 0 aromatic heterocycles. The molecule has 6 nitrogen and oxygen atoms in total. The molecule has 2 aliphatic heterocycles. The van der Waals surface area contributed by atoms with Crippen LogP contribution in [0.5, 0.6) is 0 Å². The molecule has 1 aromatic carbocycles. The molecular formula is C18H27ClFN3O3S. The van der Waals surface area contributed by atoms with Crippen molar-refractivity contribution >= 4 is 28.3 Å². The van der Waals surface area contributed by atoms with E-state index in [-0.39, 0.29) is 48.3 Å². The molecule has 2 fully saturated rings. The molecule has 2 saturated heterocycles. The fourth-order valence-electron chi connectivity index (χ4n) is 3.99. The van der Waals surface area contributed by atoms with Gasteiger partial charge in [-0.05, 0) is 50.8 Å². The topological polar surface area (TPSA) is 83.7 Å². The Hall–Kier alpha value is -1.22. The zero-order valence-corrected chi connectivity index (χ0v) is 17.0. The van der Waals surface area contributed by atoms with E-state index in [1.807, 2.05) is 11.8 Å². The lowest BCUT2D eigenvalue weighted by Gasteiger charge is -2.33. The van der Waals surface area contributed by atoms with Crippen LogP contribution in [0.2, 0.25) is 0 Å². The summed E-state index contributed by atoms with van der Waals surface area (Å²) in [6.07, 6.45) is 1.84. The van der Waals surface area contributed by atoms with E-state index in [9.17, 15) is 17.6 Å². The van der Waals surface area contributed by atoms with Gasteiger partial charge in [0.05, 0.1) is 0 Å². The van der Waals surface area contributed by atoms with Gasteiger partial charge < -0.3 is 10.6 Å². The van der Waals surface area contributed by atoms with E-state index in [2.05, 4.69) is 0 Å². The van der Waals surface area contributed by atoms with Crippen LogP contribution in [0.3, 0.4) is 0 Å². The van der Waals surface area contributed by atoms with E-state index in [4.69, 9.17) is 5.73 Å². The van der Waals surface area contributed by atoms with Crippen LogP contribution in [0, 0.1) is 17.7 Å². The van der Waals surface area contributed by atoms with Crippen molar-refractivity contribution in [1.29, 1.82) is 0 Å². The number of halogens is 2. The van der Waals surface area contributed by atoms with E-state index >= 15 is 0 Å². The van der Waals surface area contributed by atoms with Crippen molar-refractivity contribution in [2.45, 2.75) is 37.1 Å². The molecule has 27 heavy (non-hydrogen) atoms. The Labute approximate surface area is 166 Å². The summed E-state index contributed by atoms with van der Waals surface area (Å²) in [5.74, 6) is -0.489. The first-order valence-corrected chi connectivity index (χ1v) is 10.5. The SMILES string of the molecule is CC1CC(CN)CN1C(=O)C1CCN(S(=O)(=O)c2ccccc2F)CC1.Cl. The molecular weight excluding hydrogens is 393 g/mol. The predicted molar refractivity (Wildman–Crippen MR) is 103 cm³/mol. The van der Waals surface area contributed by atoms with E-state index in [0.29, 0.717) is 31.8 Å². The molecule has 2 aliphatic rings. The molecule has 2 atom stereocenters. The van der Waals surface area contributed by atoms with Crippen molar-refractivity contribution in [3.05, 3.63) is 30.1 Å². The molecule has 3 rings (SSSR count). The van der Waals surface area contributed by atoms with Crippen LogP contribution in [-0.2, 0) is 14.8 Å². The summed E-state index contributed by atoms with van der Waals surface area (Å²) < 4.78 is 40.5. The van der Waals surface area contributed by atoms with Crippen LogP contribution in [0.15, 0.2) is 29.2 Å². The first kappa shape index (κ1) is 22.1. The maximum atomic E-state index is 13.9. The molecule has 0 bridgehead atoms. The summed E-state index contributed by atoms with van der Waals surface area (Å²) >= 11 is 0. The number of piperidine rings is 1. The molecule has 0 radical (unpaired) electrons. The van der Waals surface area contributed by atoms with Gasteiger partial charge >= 0.3 is 0 Å². The molecule has 9 heteroatoms. The number of hydrogen-bond donors (Lipinski definition) is 1. The number of benzene rings is 1. The monoisotopic (exact) mass is 419 g/mol. The molecule has 2 N–H and O–H groups in total. The van der Waals surface area contributed by atoms with Crippen LogP contribution in [0.1, 0.15) is 26.2 Å². The van der Waals surface area contributed by atoms with Crippen LogP contribution >= 0.6 is 12.4 Å². The zero-order valence-electron chi connectivity index (χ0n) is 15.4.